The summed E-state index contributed by atoms with van der Waals surface area (Å²) in [5.74, 6) is 2.55. The maximum absolute atomic E-state index is 10.9. The van der Waals surface area contributed by atoms with E-state index in [9.17, 15) is 5.11 Å². The van der Waals surface area contributed by atoms with Crippen molar-refractivity contribution < 1.29 is 5.11 Å². The standard InChI is InChI=1S/C17H12OS/c1-2-17(18,13-8-4-3-5-9-13)15-12-19-16-11-7-6-10-14(15)16/h1,3-12,18H. The molecule has 2 aromatic carbocycles. The molecule has 0 aliphatic rings. The van der Waals surface area contributed by atoms with Gasteiger partial charge in [-0.1, -0.05) is 54.5 Å². The molecule has 3 aromatic rings. The highest BCUT2D eigenvalue weighted by Crippen LogP contribution is 2.37. The van der Waals surface area contributed by atoms with Crippen LogP contribution in [-0.2, 0) is 5.60 Å². The Hall–Kier alpha value is -2.08. The monoisotopic (exact) mass is 264 g/mol. The molecule has 3 rings (SSSR count). The van der Waals surface area contributed by atoms with Gasteiger partial charge in [0, 0.05) is 15.8 Å². The average Bonchev–Trinajstić information content (AvgIpc) is 2.92. The van der Waals surface area contributed by atoms with Gasteiger partial charge in [-0.15, -0.1) is 17.8 Å². The summed E-state index contributed by atoms with van der Waals surface area (Å²) >= 11 is 1.60. The Kier molecular flexibility index (Phi) is 2.87. The Balaban J connectivity index is 2.26. The molecule has 0 fully saturated rings. The van der Waals surface area contributed by atoms with Crippen molar-refractivity contribution in [2.45, 2.75) is 5.60 Å². The maximum atomic E-state index is 10.9. The van der Waals surface area contributed by atoms with E-state index >= 15 is 0 Å². The third-order valence-electron chi connectivity index (χ3n) is 3.27. The highest BCUT2D eigenvalue weighted by Gasteiger charge is 2.31. The normalized spacial score (nSPS) is 13.9. The minimum absolute atomic E-state index is 0.723. The van der Waals surface area contributed by atoms with Crippen LogP contribution < -0.4 is 0 Å². The number of terminal acetylenes is 1. The van der Waals surface area contributed by atoms with Crippen molar-refractivity contribution >= 4 is 21.4 Å². The zero-order valence-corrected chi connectivity index (χ0v) is 11.0. The molecular weight excluding hydrogens is 252 g/mol. The van der Waals surface area contributed by atoms with Crippen LogP contribution in [0.15, 0.2) is 60.0 Å². The highest BCUT2D eigenvalue weighted by molar-refractivity contribution is 7.17. The number of thiophene rings is 1. The van der Waals surface area contributed by atoms with Crippen LogP contribution in [0.25, 0.3) is 10.1 Å². The van der Waals surface area contributed by atoms with Gasteiger partial charge in [-0.25, -0.2) is 0 Å². The fraction of sp³-hybridized carbons (Fsp3) is 0.0588. The molecule has 1 aromatic heterocycles. The molecule has 0 aliphatic carbocycles. The second-order valence-electron chi connectivity index (χ2n) is 4.37. The first-order valence-corrected chi connectivity index (χ1v) is 6.86. The fourth-order valence-corrected chi connectivity index (χ4v) is 3.26. The van der Waals surface area contributed by atoms with Gasteiger partial charge in [-0.05, 0) is 16.8 Å². The van der Waals surface area contributed by atoms with Gasteiger partial charge in [0.1, 0.15) is 0 Å². The molecule has 0 aliphatic heterocycles. The van der Waals surface area contributed by atoms with E-state index in [4.69, 9.17) is 6.42 Å². The summed E-state index contributed by atoms with van der Waals surface area (Å²) < 4.78 is 1.13. The number of benzene rings is 2. The molecule has 0 radical (unpaired) electrons. The minimum atomic E-state index is -1.37. The van der Waals surface area contributed by atoms with E-state index in [1.54, 1.807) is 11.3 Å². The number of fused-ring (bicyclic) bond motifs is 1. The lowest BCUT2D eigenvalue weighted by Gasteiger charge is -2.22. The number of aliphatic hydroxyl groups is 1. The summed E-state index contributed by atoms with van der Waals surface area (Å²) in [6.45, 7) is 0. The van der Waals surface area contributed by atoms with E-state index in [2.05, 4.69) is 5.92 Å². The minimum Gasteiger partial charge on any atom is -0.369 e. The Morgan fingerprint density at radius 1 is 1.00 bits per heavy atom. The number of rotatable bonds is 2. The van der Waals surface area contributed by atoms with Gasteiger partial charge in [-0.3, -0.25) is 0 Å². The Morgan fingerprint density at radius 3 is 2.42 bits per heavy atom. The van der Waals surface area contributed by atoms with Gasteiger partial charge in [0.25, 0.3) is 0 Å². The molecule has 1 nitrogen and oxygen atoms in total. The van der Waals surface area contributed by atoms with Crippen molar-refractivity contribution in [2.75, 3.05) is 0 Å². The molecule has 1 N–H and O–H groups in total. The van der Waals surface area contributed by atoms with Crippen LogP contribution in [0, 0.1) is 12.3 Å². The van der Waals surface area contributed by atoms with Gasteiger partial charge in [-0.2, -0.15) is 0 Å². The average molecular weight is 264 g/mol. The van der Waals surface area contributed by atoms with E-state index in [1.165, 1.54) is 0 Å². The van der Waals surface area contributed by atoms with E-state index < -0.39 is 5.60 Å². The quantitative estimate of drug-likeness (QED) is 0.699. The molecule has 0 amide bonds. The molecule has 0 bridgehead atoms. The summed E-state index contributed by atoms with van der Waals surface area (Å²) in [5, 5.41) is 13.9. The largest absolute Gasteiger partial charge is 0.369 e. The zero-order chi connectivity index (χ0) is 13.3. The van der Waals surface area contributed by atoms with E-state index in [0.717, 1.165) is 21.2 Å². The fourth-order valence-electron chi connectivity index (χ4n) is 2.25. The second kappa shape index (κ2) is 4.55. The summed E-state index contributed by atoms with van der Waals surface area (Å²) in [4.78, 5) is 0. The number of hydrogen-bond donors (Lipinski definition) is 1. The van der Waals surface area contributed by atoms with E-state index in [-0.39, 0.29) is 0 Å². The van der Waals surface area contributed by atoms with Crippen molar-refractivity contribution in [2.24, 2.45) is 0 Å². The van der Waals surface area contributed by atoms with Gasteiger partial charge < -0.3 is 5.11 Å². The Labute approximate surface area is 116 Å². The van der Waals surface area contributed by atoms with Gasteiger partial charge in [0.05, 0.1) is 0 Å². The lowest BCUT2D eigenvalue weighted by molar-refractivity contribution is 0.147. The van der Waals surface area contributed by atoms with Crippen molar-refractivity contribution in [1.82, 2.24) is 0 Å². The van der Waals surface area contributed by atoms with E-state index in [1.807, 2.05) is 60.0 Å². The second-order valence-corrected chi connectivity index (χ2v) is 5.28. The molecule has 2 heteroatoms. The van der Waals surface area contributed by atoms with E-state index in [0.29, 0.717) is 0 Å². The first-order valence-electron chi connectivity index (χ1n) is 5.98. The molecule has 0 spiro atoms. The molecule has 92 valence electrons. The summed E-state index contributed by atoms with van der Waals surface area (Å²) in [6.07, 6.45) is 5.63. The molecule has 1 atom stereocenters. The number of hydrogen-bond acceptors (Lipinski definition) is 2. The third kappa shape index (κ3) is 1.84. The van der Waals surface area contributed by atoms with Gasteiger partial charge in [0.15, 0.2) is 5.60 Å². The van der Waals surface area contributed by atoms with Crippen LogP contribution in [0.4, 0.5) is 0 Å². The van der Waals surface area contributed by atoms with Crippen LogP contribution >= 0.6 is 11.3 Å². The summed E-state index contributed by atoms with van der Waals surface area (Å²) in [5.41, 5.74) is 0.128. The van der Waals surface area contributed by atoms with Crippen LogP contribution in [0.2, 0.25) is 0 Å². The highest BCUT2D eigenvalue weighted by atomic mass is 32.1. The first kappa shape index (κ1) is 12.0. The predicted octanol–water partition coefficient (Wildman–Crippen LogP) is 3.77. The lowest BCUT2D eigenvalue weighted by Crippen LogP contribution is -2.24. The Morgan fingerprint density at radius 2 is 1.68 bits per heavy atom. The van der Waals surface area contributed by atoms with Crippen LogP contribution in [0.5, 0.6) is 0 Å². The molecule has 0 saturated heterocycles. The van der Waals surface area contributed by atoms with Crippen molar-refractivity contribution in [3.05, 3.63) is 71.1 Å². The third-order valence-corrected chi connectivity index (χ3v) is 4.23. The SMILES string of the molecule is C#CC(O)(c1ccccc1)c1csc2ccccc12. The first-order chi connectivity index (χ1) is 9.25. The summed E-state index contributed by atoms with van der Waals surface area (Å²) in [6, 6.07) is 17.3. The van der Waals surface area contributed by atoms with Crippen LogP contribution in [0.1, 0.15) is 11.1 Å². The van der Waals surface area contributed by atoms with Crippen LogP contribution in [0.3, 0.4) is 0 Å². The molecule has 0 saturated carbocycles. The smallest absolute Gasteiger partial charge is 0.178 e. The molecule has 19 heavy (non-hydrogen) atoms. The van der Waals surface area contributed by atoms with Gasteiger partial charge >= 0.3 is 0 Å². The predicted molar refractivity (Wildman–Crippen MR) is 80.1 cm³/mol. The summed E-state index contributed by atoms with van der Waals surface area (Å²) in [7, 11) is 0. The van der Waals surface area contributed by atoms with Crippen molar-refractivity contribution in [3.8, 4) is 12.3 Å². The molecule has 1 heterocycles. The topological polar surface area (TPSA) is 20.2 Å². The maximum Gasteiger partial charge on any atom is 0.178 e. The zero-order valence-electron chi connectivity index (χ0n) is 10.2. The molecular formula is C17H12OS. The van der Waals surface area contributed by atoms with Crippen molar-refractivity contribution in [1.29, 1.82) is 0 Å². The van der Waals surface area contributed by atoms with Crippen molar-refractivity contribution in [3.63, 3.8) is 0 Å². The van der Waals surface area contributed by atoms with Crippen LogP contribution in [-0.4, -0.2) is 5.11 Å². The Bertz CT molecular complexity index is 752. The lowest BCUT2D eigenvalue weighted by atomic mass is 9.87. The molecule has 1 unspecified atom stereocenters. The van der Waals surface area contributed by atoms with Gasteiger partial charge in [0.2, 0.25) is 0 Å².